The summed E-state index contributed by atoms with van der Waals surface area (Å²) < 4.78 is 6.39. The zero-order valence-corrected chi connectivity index (χ0v) is 9.49. The summed E-state index contributed by atoms with van der Waals surface area (Å²) in [4.78, 5) is 0. The van der Waals surface area contributed by atoms with Gasteiger partial charge >= 0.3 is 0 Å². The van der Waals surface area contributed by atoms with E-state index in [2.05, 4.69) is 47.1 Å². The molecule has 1 nitrogen and oxygen atoms in total. The Hall–Kier alpha value is -1.02. The Labute approximate surface area is 92.2 Å². The SMILES string of the molecule is Cc1ccc(C2C=CC=C(Br)O2)cc1. The first-order valence-corrected chi connectivity index (χ1v) is 5.32. The van der Waals surface area contributed by atoms with Gasteiger partial charge in [0.25, 0.3) is 0 Å². The third-order valence-corrected chi connectivity index (χ3v) is 2.61. The van der Waals surface area contributed by atoms with Gasteiger partial charge in [0, 0.05) is 0 Å². The van der Waals surface area contributed by atoms with Crippen molar-refractivity contribution in [3.63, 3.8) is 0 Å². The second-order valence-electron chi connectivity index (χ2n) is 3.30. The van der Waals surface area contributed by atoms with Gasteiger partial charge in [-0.05, 0) is 40.6 Å². The van der Waals surface area contributed by atoms with Crippen molar-refractivity contribution in [1.29, 1.82) is 0 Å². The van der Waals surface area contributed by atoms with E-state index in [1.165, 1.54) is 11.1 Å². The number of aryl methyl sites for hydroxylation is 1. The van der Waals surface area contributed by atoms with Crippen molar-refractivity contribution < 1.29 is 4.74 Å². The molecule has 1 aromatic rings. The second-order valence-corrected chi connectivity index (χ2v) is 4.09. The van der Waals surface area contributed by atoms with Crippen LogP contribution in [0, 0.1) is 6.92 Å². The molecule has 2 heteroatoms. The molecule has 0 bridgehead atoms. The maximum absolute atomic E-state index is 5.60. The molecule has 0 aromatic heterocycles. The van der Waals surface area contributed by atoms with Crippen LogP contribution in [0.2, 0.25) is 0 Å². The molecule has 0 spiro atoms. The molecular weight excluding hydrogens is 240 g/mol. The van der Waals surface area contributed by atoms with Crippen molar-refractivity contribution in [2.45, 2.75) is 13.0 Å². The standard InChI is InChI=1S/C12H11BrO/c1-9-5-7-10(8-6-9)11-3-2-4-12(13)14-11/h2-8,11H,1H3. The summed E-state index contributed by atoms with van der Waals surface area (Å²) in [6.07, 6.45) is 5.97. The zero-order valence-electron chi connectivity index (χ0n) is 7.91. The number of benzene rings is 1. The number of hydrogen-bond donors (Lipinski definition) is 0. The largest absolute Gasteiger partial charge is 0.475 e. The second kappa shape index (κ2) is 4.01. The molecule has 1 heterocycles. The normalized spacial score (nSPS) is 20.1. The average molecular weight is 251 g/mol. The Morgan fingerprint density at radius 1 is 1.21 bits per heavy atom. The Bertz CT molecular complexity index is 376. The van der Waals surface area contributed by atoms with Gasteiger partial charge in [-0.3, -0.25) is 0 Å². The lowest BCUT2D eigenvalue weighted by Crippen LogP contribution is -2.01. The van der Waals surface area contributed by atoms with E-state index in [0.717, 1.165) is 4.67 Å². The van der Waals surface area contributed by atoms with Crippen LogP contribution in [0.5, 0.6) is 0 Å². The monoisotopic (exact) mass is 250 g/mol. The highest BCUT2D eigenvalue weighted by Gasteiger charge is 2.11. The van der Waals surface area contributed by atoms with Crippen molar-refractivity contribution in [3.05, 3.63) is 58.3 Å². The van der Waals surface area contributed by atoms with E-state index in [-0.39, 0.29) is 6.10 Å². The first kappa shape index (κ1) is 9.53. The highest BCUT2D eigenvalue weighted by atomic mass is 79.9. The lowest BCUT2D eigenvalue weighted by atomic mass is 10.1. The van der Waals surface area contributed by atoms with E-state index in [1.807, 2.05) is 18.2 Å². The van der Waals surface area contributed by atoms with Gasteiger partial charge in [0.15, 0.2) is 4.67 Å². The minimum Gasteiger partial charge on any atom is -0.475 e. The highest BCUT2D eigenvalue weighted by Crippen LogP contribution is 2.27. The van der Waals surface area contributed by atoms with E-state index in [1.54, 1.807) is 0 Å². The lowest BCUT2D eigenvalue weighted by Gasteiger charge is -2.18. The molecule has 0 saturated heterocycles. The van der Waals surface area contributed by atoms with Crippen LogP contribution in [0.1, 0.15) is 17.2 Å². The molecule has 2 rings (SSSR count). The van der Waals surface area contributed by atoms with E-state index >= 15 is 0 Å². The van der Waals surface area contributed by atoms with E-state index in [0.29, 0.717) is 0 Å². The predicted octanol–water partition coefficient (Wildman–Crippen LogP) is 3.86. The fourth-order valence-electron chi connectivity index (χ4n) is 1.37. The van der Waals surface area contributed by atoms with Gasteiger partial charge in [-0.25, -0.2) is 0 Å². The van der Waals surface area contributed by atoms with E-state index in [4.69, 9.17) is 4.74 Å². The Morgan fingerprint density at radius 2 is 1.93 bits per heavy atom. The van der Waals surface area contributed by atoms with E-state index < -0.39 is 0 Å². The van der Waals surface area contributed by atoms with Gasteiger partial charge < -0.3 is 4.74 Å². The summed E-state index contributed by atoms with van der Waals surface area (Å²) in [6, 6.07) is 8.38. The van der Waals surface area contributed by atoms with Crippen LogP contribution in [0.25, 0.3) is 0 Å². The first-order valence-electron chi connectivity index (χ1n) is 4.53. The van der Waals surface area contributed by atoms with Gasteiger partial charge in [-0.2, -0.15) is 0 Å². The summed E-state index contributed by atoms with van der Waals surface area (Å²) in [6.45, 7) is 2.08. The van der Waals surface area contributed by atoms with Crippen LogP contribution >= 0.6 is 15.9 Å². The third-order valence-electron chi connectivity index (χ3n) is 2.16. The first-order chi connectivity index (χ1) is 6.75. The summed E-state index contributed by atoms with van der Waals surface area (Å²) >= 11 is 3.33. The maximum Gasteiger partial charge on any atom is 0.163 e. The quantitative estimate of drug-likeness (QED) is 0.736. The molecule has 0 N–H and O–H groups in total. The molecule has 1 unspecified atom stereocenters. The smallest absolute Gasteiger partial charge is 0.163 e. The minimum absolute atomic E-state index is 0.0370. The molecule has 1 aromatic carbocycles. The summed E-state index contributed by atoms with van der Waals surface area (Å²) in [7, 11) is 0. The zero-order chi connectivity index (χ0) is 9.97. The molecule has 0 aliphatic carbocycles. The van der Waals surface area contributed by atoms with Crippen molar-refractivity contribution in [1.82, 2.24) is 0 Å². The molecular formula is C12H11BrO. The maximum atomic E-state index is 5.60. The third kappa shape index (κ3) is 2.07. The topological polar surface area (TPSA) is 9.23 Å². The van der Waals surface area contributed by atoms with Crippen molar-refractivity contribution >= 4 is 15.9 Å². The van der Waals surface area contributed by atoms with Gasteiger partial charge in [-0.15, -0.1) is 0 Å². The van der Waals surface area contributed by atoms with Crippen molar-refractivity contribution in [2.75, 3.05) is 0 Å². The van der Waals surface area contributed by atoms with Crippen LogP contribution in [0.3, 0.4) is 0 Å². The van der Waals surface area contributed by atoms with Crippen LogP contribution < -0.4 is 0 Å². The van der Waals surface area contributed by atoms with Crippen molar-refractivity contribution in [2.24, 2.45) is 0 Å². The lowest BCUT2D eigenvalue weighted by molar-refractivity contribution is 0.178. The Morgan fingerprint density at radius 3 is 2.57 bits per heavy atom. The summed E-state index contributed by atoms with van der Waals surface area (Å²) in [5.74, 6) is 0. The van der Waals surface area contributed by atoms with E-state index in [9.17, 15) is 0 Å². The number of allylic oxidation sites excluding steroid dienone is 2. The number of halogens is 1. The van der Waals surface area contributed by atoms with Gasteiger partial charge in [0.2, 0.25) is 0 Å². The van der Waals surface area contributed by atoms with Gasteiger partial charge in [0.05, 0.1) is 0 Å². The molecule has 0 fully saturated rings. The molecule has 72 valence electrons. The summed E-state index contributed by atoms with van der Waals surface area (Å²) in [5.41, 5.74) is 2.44. The minimum atomic E-state index is 0.0370. The molecule has 0 radical (unpaired) electrons. The van der Waals surface area contributed by atoms with Crippen LogP contribution in [-0.4, -0.2) is 0 Å². The molecule has 0 amide bonds. The number of hydrogen-bond acceptors (Lipinski definition) is 1. The fourth-order valence-corrected chi connectivity index (χ4v) is 1.72. The number of ether oxygens (including phenoxy) is 1. The highest BCUT2D eigenvalue weighted by molar-refractivity contribution is 9.11. The van der Waals surface area contributed by atoms with Crippen LogP contribution in [0.15, 0.2) is 47.2 Å². The van der Waals surface area contributed by atoms with Gasteiger partial charge in [0.1, 0.15) is 6.10 Å². The molecule has 1 atom stereocenters. The number of rotatable bonds is 1. The molecule has 14 heavy (non-hydrogen) atoms. The molecule has 1 aliphatic rings. The Kier molecular flexibility index (Phi) is 2.73. The Balaban J connectivity index is 2.21. The van der Waals surface area contributed by atoms with Crippen LogP contribution in [-0.2, 0) is 4.74 Å². The predicted molar refractivity (Wildman–Crippen MR) is 61.2 cm³/mol. The molecule has 0 saturated carbocycles. The fraction of sp³-hybridized carbons (Fsp3) is 0.167. The molecule has 1 aliphatic heterocycles. The average Bonchev–Trinajstić information content (AvgIpc) is 2.19. The van der Waals surface area contributed by atoms with Crippen LogP contribution in [0.4, 0.5) is 0 Å². The summed E-state index contributed by atoms with van der Waals surface area (Å²) in [5, 5.41) is 0. The van der Waals surface area contributed by atoms with Crippen molar-refractivity contribution in [3.8, 4) is 0 Å². The van der Waals surface area contributed by atoms with Gasteiger partial charge in [-0.1, -0.05) is 35.9 Å².